The quantitative estimate of drug-likeness (QED) is 0.387. The van der Waals surface area contributed by atoms with Crippen LogP contribution in [0.15, 0.2) is 61.2 Å². The van der Waals surface area contributed by atoms with Crippen LogP contribution in [0.25, 0.3) is 22.2 Å². The Labute approximate surface area is 225 Å². The lowest BCUT2D eigenvalue weighted by Crippen LogP contribution is -2.34. The predicted octanol–water partition coefficient (Wildman–Crippen LogP) is 3.75. The van der Waals surface area contributed by atoms with Gasteiger partial charge < -0.3 is 19.5 Å². The molecule has 39 heavy (non-hydrogen) atoms. The Morgan fingerprint density at radius 2 is 2.03 bits per heavy atom. The molecule has 0 saturated carbocycles. The van der Waals surface area contributed by atoms with Crippen molar-refractivity contribution in [3.63, 3.8) is 0 Å². The second kappa shape index (κ2) is 10.6. The summed E-state index contributed by atoms with van der Waals surface area (Å²) in [5, 5.41) is 24.0. The number of methoxy groups -OCH3 is 1. The summed E-state index contributed by atoms with van der Waals surface area (Å²) in [6.07, 6.45) is 9.19. The van der Waals surface area contributed by atoms with E-state index in [0.717, 1.165) is 22.4 Å². The Bertz CT molecular complexity index is 1580. The molecular weight excluding hydrogens is 496 g/mol. The lowest BCUT2D eigenvalue weighted by molar-refractivity contribution is 0.0283. The number of rotatable bonds is 7. The molecule has 0 spiro atoms. The molecule has 0 saturated heterocycles. The van der Waals surface area contributed by atoms with Crippen molar-refractivity contribution in [2.45, 2.75) is 25.9 Å². The maximum Gasteiger partial charge on any atom is 0.255 e. The second-order valence-corrected chi connectivity index (χ2v) is 9.91. The summed E-state index contributed by atoms with van der Waals surface area (Å²) in [5.74, 6) is 0.907. The minimum atomic E-state index is -1.00. The first-order valence-corrected chi connectivity index (χ1v) is 12.5. The number of aromatic nitrogens is 4. The van der Waals surface area contributed by atoms with Crippen molar-refractivity contribution in [3.8, 4) is 28.8 Å². The van der Waals surface area contributed by atoms with Gasteiger partial charge in [0.1, 0.15) is 18.4 Å². The second-order valence-electron chi connectivity index (χ2n) is 9.91. The molecule has 0 unspecified atom stereocenters. The number of hydrogen-bond acceptors (Lipinski definition) is 8. The van der Waals surface area contributed by atoms with Gasteiger partial charge in [-0.3, -0.25) is 9.78 Å². The Morgan fingerprint density at radius 1 is 1.18 bits per heavy atom. The molecule has 1 aliphatic heterocycles. The number of ether oxygens (including phenoxy) is 2. The van der Waals surface area contributed by atoms with Crippen molar-refractivity contribution >= 4 is 17.0 Å². The summed E-state index contributed by atoms with van der Waals surface area (Å²) in [5.41, 5.74) is 4.06. The Kier molecular flexibility index (Phi) is 7.00. The zero-order valence-corrected chi connectivity index (χ0v) is 22.0. The van der Waals surface area contributed by atoms with Gasteiger partial charge >= 0.3 is 0 Å². The number of nitriles is 1. The topological polar surface area (TPSA) is 126 Å². The number of nitrogens with zero attached hydrogens (tertiary/aromatic N) is 6. The zero-order chi connectivity index (χ0) is 27.6. The Hall–Kier alpha value is -4.75. The van der Waals surface area contributed by atoms with E-state index in [1.807, 2.05) is 24.3 Å². The van der Waals surface area contributed by atoms with Gasteiger partial charge in [0, 0.05) is 42.7 Å². The third kappa shape index (κ3) is 5.58. The average Bonchev–Trinajstić information content (AvgIpc) is 3.38. The van der Waals surface area contributed by atoms with Gasteiger partial charge in [0.05, 0.1) is 47.4 Å². The van der Waals surface area contributed by atoms with Crippen molar-refractivity contribution in [1.29, 1.82) is 5.26 Å². The maximum absolute atomic E-state index is 12.9. The molecule has 4 aromatic rings. The van der Waals surface area contributed by atoms with Crippen LogP contribution in [-0.4, -0.2) is 67.9 Å². The molecule has 1 amide bonds. The van der Waals surface area contributed by atoms with Crippen LogP contribution in [0.3, 0.4) is 0 Å². The summed E-state index contributed by atoms with van der Waals surface area (Å²) >= 11 is 0. The van der Waals surface area contributed by atoms with E-state index in [9.17, 15) is 15.2 Å². The van der Waals surface area contributed by atoms with Gasteiger partial charge in [-0.1, -0.05) is 12.1 Å². The normalized spacial score (nSPS) is 13.6. The van der Waals surface area contributed by atoms with Gasteiger partial charge in [-0.2, -0.15) is 10.4 Å². The molecule has 4 aromatic heterocycles. The van der Waals surface area contributed by atoms with Crippen LogP contribution in [0.1, 0.15) is 41.9 Å². The molecule has 0 radical (unpaired) electrons. The van der Waals surface area contributed by atoms with Crippen LogP contribution < -0.4 is 9.47 Å². The summed E-state index contributed by atoms with van der Waals surface area (Å²) in [4.78, 5) is 23.5. The number of carbonyl (C=O) groups excluding carboxylic acids is 1. The first kappa shape index (κ1) is 25.9. The molecular formula is C29H28N6O4. The van der Waals surface area contributed by atoms with E-state index in [-0.39, 0.29) is 12.5 Å². The molecule has 0 fully saturated rings. The summed E-state index contributed by atoms with van der Waals surface area (Å²) in [7, 11) is 1.54. The zero-order valence-electron chi connectivity index (χ0n) is 22.0. The number of carbonyl (C=O) groups is 1. The maximum atomic E-state index is 12.9. The van der Waals surface area contributed by atoms with E-state index >= 15 is 0 Å². The first-order chi connectivity index (χ1) is 18.8. The standard InChI is InChI=1S/C29H28N6O4/c1-29(2,37)18-39-23-12-24(27-22(13-30)16-33-35(27)17-23)20-4-6-25(31-14-20)19-8-10-34(11-9-19)28(36)21-5-7-26(38-3)32-15-21/h4-8,12,14-17,37H,9-11,18H2,1-3H3. The van der Waals surface area contributed by atoms with Gasteiger partial charge in [-0.15, -0.1) is 0 Å². The van der Waals surface area contributed by atoms with Crippen molar-refractivity contribution in [3.05, 3.63) is 78.0 Å². The molecule has 10 nitrogen and oxygen atoms in total. The fourth-order valence-corrected chi connectivity index (χ4v) is 4.38. The van der Waals surface area contributed by atoms with Gasteiger partial charge in [0.2, 0.25) is 5.88 Å². The predicted molar refractivity (Wildman–Crippen MR) is 144 cm³/mol. The molecule has 5 heterocycles. The highest BCUT2D eigenvalue weighted by Crippen LogP contribution is 2.32. The van der Waals surface area contributed by atoms with E-state index < -0.39 is 5.60 Å². The van der Waals surface area contributed by atoms with Crippen LogP contribution in [0.2, 0.25) is 0 Å². The highest BCUT2D eigenvalue weighted by molar-refractivity contribution is 5.94. The van der Waals surface area contributed by atoms with Crippen molar-refractivity contribution < 1.29 is 19.4 Å². The average molecular weight is 525 g/mol. The number of pyridine rings is 3. The van der Waals surface area contributed by atoms with Crippen LogP contribution in [-0.2, 0) is 0 Å². The molecule has 0 atom stereocenters. The Morgan fingerprint density at radius 3 is 2.64 bits per heavy atom. The third-order valence-electron chi connectivity index (χ3n) is 6.39. The first-order valence-electron chi connectivity index (χ1n) is 12.5. The van der Waals surface area contributed by atoms with E-state index in [2.05, 4.69) is 16.2 Å². The van der Waals surface area contributed by atoms with Crippen molar-refractivity contribution in [2.75, 3.05) is 26.8 Å². The van der Waals surface area contributed by atoms with E-state index in [4.69, 9.17) is 14.5 Å². The minimum Gasteiger partial charge on any atom is -0.489 e. The molecule has 0 aliphatic carbocycles. The monoisotopic (exact) mass is 524 g/mol. The highest BCUT2D eigenvalue weighted by Gasteiger charge is 2.21. The fraction of sp³-hybridized carbons (Fsp3) is 0.276. The van der Waals surface area contributed by atoms with Crippen LogP contribution in [0, 0.1) is 11.3 Å². The molecule has 5 rings (SSSR count). The number of fused-ring (bicyclic) bond motifs is 1. The summed E-state index contributed by atoms with van der Waals surface area (Å²) < 4.78 is 12.5. The van der Waals surface area contributed by atoms with Gasteiger partial charge in [0.25, 0.3) is 5.91 Å². The molecule has 0 bridgehead atoms. The van der Waals surface area contributed by atoms with E-state index in [1.54, 1.807) is 47.8 Å². The molecule has 10 heteroatoms. The molecule has 0 aromatic carbocycles. The van der Waals surface area contributed by atoms with Crippen LogP contribution >= 0.6 is 0 Å². The summed E-state index contributed by atoms with van der Waals surface area (Å²) in [6, 6.07) is 11.3. The molecule has 198 valence electrons. The van der Waals surface area contributed by atoms with Gasteiger partial charge in [-0.05, 0) is 44.0 Å². The minimum absolute atomic E-state index is 0.0754. The van der Waals surface area contributed by atoms with E-state index in [0.29, 0.717) is 47.8 Å². The molecule has 1 N–H and O–H groups in total. The van der Waals surface area contributed by atoms with Crippen molar-refractivity contribution in [1.82, 2.24) is 24.5 Å². The largest absolute Gasteiger partial charge is 0.489 e. The summed E-state index contributed by atoms with van der Waals surface area (Å²) in [6.45, 7) is 4.49. The van der Waals surface area contributed by atoms with E-state index in [1.165, 1.54) is 19.5 Å². The van der Waals surface area contributed by atoms with Crippen LogP contribution in [0.4, 0.5) is 0 Å². The lowest BCUT2D eigenvalue weighted by atomic mass is 10.0. The Balaban J connectivity index is 1.36. The van der Waals surface area contributed by atoms with Crippen LogP contribution in [0.5, 0.6) is 11.6 Å². The number of amides is 1. The van der Waals surface area contributed by atoms with Gasteiger partial charge in [-0.25, -0.2) is 9.50 Å². The molecule has 1 aliphatic rings. The number of hydrogen-bond donors (Lipinski definition) is 1. The smallest absolute Gasteiger partial charge is 0.255 e. The van der Waals surface area contributed by atoms with Crippen molar-refractivity contribution in [2.24, 2.45) is 0 Å². The highest BCUT2D eigenvalue weighted by atomic mass is 16.5. The lowest BCUT2D eigenvalue weighted by Gasteiger charge is -2.26. The SMILES string of the molecule is COc1ccc(C(=O)N2CC=C(c3ccc(-c4cc(OCC(C)(C)O)cn5ncc(C#N)c45)cn3)CC2)cn1. The third-order valence-corrected chi connectivity index (χ3v) is 6.39. The van der Waals surface area contributed by atoms with Gasteiger partial charge in [0.15, 0.2) is 0 Å². The fourth-order valence-electron chi connectivity index (χ4n) is 4.38. The number of aliphatic hydroxyl groups is 1.